The Morgan fingerprint density at radius 3 is 1.96 bits per heavy atom. The fraction of sp³-hybridized carbons (Fsp3) is 0.0667. The maximum absolute atomic E-state index is 13.6. The van der Waals surface area contributed by atoms with Gasteiger partial charge in [-0.2, -0.15) is 13.2 Å². The van der Waals surface area contributed by atoms with E-state index in [0.29, 0.717) is 0 Å². The molecule has 0 aromatic heterocycles. The van der Waals surface area contributed by atoms with E-state index in [4.69, 9.17) is 11.6 Å². The number of alkyl halides is 3. The van der Waals surface area contributed by atoms with Gasteiger partial charge in [-0.15, -0.1) is 0 Å². The zero-order valence-electron chi connectivity index (χ0n) is 11.7. The van der Waals surface area contributed by atoms with E-state index in [0.717, 1.165) is 18.2 Å². The molecule has 0 fully saturated rings. The molecule has 2 amide bonds. The first-order valence-electron chi connectivity index (χ1n) is 6.42. The van der Waals surface area contributed by atoms with Gasteiger partial charge in [0.1, 0.15) is 5.82 Å². The SMILES string of the molecule is O=C(Nc1ccc(NC(=O)C(F)(F)F)cc1)c1c(F)cccc1Cl. The molecule has 4 nitrogen and oxygen atoms in total. The van der Waals surface area contributed by atoms with Gasteiger partial charge in [0.05, 0.1) is 10.6 Å². The summed E-state index contributed by atoms with van der Waals surface area (Å²) in [6, 6.07) is 8.56. The van der Waals surface area contributed by atoms with Crippen LogP contribution in [-0.2, 0) is 4.79 Å². The summed E-state index contributed by atoms with van der Waals surface area (Å²) < 4.78 is 50.0. The van der Waals surface area contributed by atoms with Crippen molar-refractivity contribution in [2.45, 2.75) is 6.18 Å². The number of halogens is 5. The molecule has 2 aromatic carbocycles. The number of rotatable bonds is 3. The summed E-state index contributed by atoms with van der Waals surface area (Å²) >= 11 is 5.76. The molecular weight excluding hydrogens is 352 g/mol. The van der Waals surface area contributed by atoms with Crippen molar-refractivity contribution in [2.75, 3.05) is 10.6 Å². The minimum Gasteiger partial charge on any atom is -0.322 e. The normalized spacial score (nSPS) is 11.0. The molecular formula is C15H9ClF4N2O2. The maximum atomic E-state index is 13.6. The highest BCUT2D eigenvalue weighted by Crippen LogP contribution is 2.22. The summed E-state index contributed by atoms with van der Waals surface area (Å²) in [4.78, 5) is 22.8. The highest BCUT2D eigenvalue weighted by Gasteiger charge is 2.38. The number of amides is 2. The van der Waals surface area contributed by atoms with Crippen LogP contribution in [0.1, 0.15) is 10.4 Å². The average molecular weight is 361 g/mol. The van der Waals surface area contributed by atoms with Gasteiger partial charge in [0, 0.05) is 11.4 Å². The van der Waals surface area contributed by atoms with Crippen molar-refractivity contribution in [1.82, 2.24) is 0 Å². The van der Waals surface area contributed by atoms with E-state index < -0.39 is 23.8 Å². The Balaban J connectivity index is 2.09. The van der Waals surface area contributed by atoms with Gasteiger partial charge in [-0.25, -0.2) is 4.39 Å². The Hall–Kier alpha value is -2.61. The quantitative estimate of drug-likeness (QED) is 0.805. The molecule has 0 unspecified atom stereocenters. The smallest absolute Gasteiger partial charge is 0.322 e. The number of anilines is 2. The lowest BCUT2D eigenvalue weighted by atomic mass is 10.2. The summed E-state index contributed by atoms with van der Waals surface area (Å²) in [6.07, 6.45) is -5.01. The Morgan fingerprint density at radius 2 is 1.46 bits per heavy atom. The van der Waals surface area contributed by atoms with Gasteiger partial charge in [0.15, 0.2) is 0 Å². The molecule has 0 saturated carbocycles. The van der Waals surface area contributed by atoms with Crippen LogP contribution < -0.4 is 10.6 Å². The Morgan fingerprint density at radius 1 is 0.917 bits per heavy atom. The third-order valence-electron chi connectivity index (χ3n) is 2.85. The fourth-order valence-electron chi connectivity index (χ4n) is 1.75. The van der Waals surface area contributed by atoms with Crippen molar-refractivity contribution < 1.29 is 27.2 Å². The van der Waals surface area contributed by atoms with E-state index >= 15 is 0 Å². The van der Waals surface area contributed by atoms with Crippen LogP contribution in [0, 0.1) is 5.82 Å². The lowest BCUT2D eigenvalue weighted by Crippen LogP contribution is -2.29. The number of carbonyl (C=O) groups is 2. The summed E-state index contributed by atoms with van der Waals surface area (Å²) in [5.74, 6) is -3.74. The van der Waals surface area contributed by atoms with Crippen LogP contribution in [0.15, 0.2) is 42.5 Å². The standard InChI is InChI=1S/C15H9ClF4N2O2/c16-10-2-1-3-11(17)12(10)13(23)21-8-4-6-9(7-5-8)22-14(24)15(18,19)20/h1-7H,(H,21,23)(H,22,24). The number of hydrogen-bond donors (Lipinski definition) is 2. The number of hydrogen-bond acceptors (Lipinski definition) is 2. The Labute approximate surface area is 138 Å². The molecule has 2 N–H and O–H groups in total. The van der Waals surface area contributed by atoms with Crippen LogP contribution in [0.3, 0.4) is 0 Å². The topological polar surface area (TPSA) is 58.2 Å². The molecule has 2 rings (SSSR count). The first-order valence-corrected chi connectivity index (χ1v) is 6.80. The van der Waals surface area contributed by atoms with E-state index in [1.54, 1.807) is 5.32 Å². The average Bonchev–Trinajstić information content (AvgIpc) is 2.48. The van der Waals surface area contributed by atoms with E-state index in [9.17, 15) is 27.2 Å². The largest absolute Gasteiger partial charge is 0.471 e. The molecule has 0 aliphatic carbocycles. The van der Waals surface area contributed by atoms with Crippen LogP contribution in [0.25, 0.3) is 0 Å². The molecule has 0 aliphatic heterocycles. The maximum Gasteiger partial charge on any atom is 0.471 e. The van der Waals surface area contributed by atoms with E-state index in [1.807, 2.05) is 0 Å². The second-order valence-corrected chi connectivity index (χ2v) is 4.99. The van der Waals surface area contributed by atoms with E-state index in [2.05, 4.69) is 5.32 Å². The summed E-state index contributed by atoms with van der Waals surface area (Å²) in [7, 11) is 0. The van der Waals surface area contributed by atoms with E-state index in [1.165, 1.54) is 24.3 Å². The van der Waals surface area contributed by atoms with Gasteiger partial charge in [0.2, 0.25) is 0 Å². The van der Waals surface area contributed by atoms with Crippen molar-refractivity contribution in [3.05, 3.63) is 58.9 Å². The molecule has 2 aromatic rings. The van der Waals surface area contributed by atoms with Gasteiger partial charge in [-0.1, -0.05) is 17.7 Å². The highest BCUT2D eigenvalue weighted by atomic mass is 35.5. The van der Waals surface area contributed by atoms with Crippen molar-refractivity contribution in [1.29, 1.82) is 0 Å². The number of nitrogens with one attached hydrogen (secondary N) is 2. The molecule has 0 aliphatic rings. The third kappa shape index (κ3) is 4.23. The number of carbonyl (C=O) groups excluding carboxylic acids is 2. The molecule has 0 heterocycles. The first-order chi connectivity index (χ1) is 11.2. The predicted octanol–water partition coefficient (Wildman–Crippen LogP) is 4.23. The monoisotopic (exact) mass is 360 g/mol. The molecule has 126 valence electrons. The molecule has 0 radical (unpaired) electrons. The van der Waals surface area contributed by atoms with Crippen LogP contribution in [-0.4, -0.2) is 18.0 Å². The molecule has 9 heteroatoms. The zero-order valence-corrected chi connectivity index (χ0v) is 12.5. The molecule has 0 bridgehead atoms. The summed E-state index contributed by atoms with van der Waals surface area (Å²) in [6.45, 7) is 0. The van der Waals surface area contributed by atoms with Crippen molar-refractivity contribution >= 4 is 34.8 Å². The molecule has 24 heavy (non-hydrogen) atoms. The lowest BCUT2D eigenvalue weighted by molar-refractivity contribution is -0.167. The second kappa shape index (κ2) is 6.88. The molecule has 0 saturated heterocycles. The first kappa shape index (κ1) is 17.7. The molecule has 0 atom stereocenters. The van der Waals surface area contributed by atoms with Gasteiger partial charge in [-0.3, -0.25) is 9.59 Å². The van der Waals surface area contributed by atoms with Crippen molar-refractivity contribution in [3.8, 4) is 0 Å². The molecule has 0 spiro atoms. The van der Waals surface area contributed by atoms with Gasteiger partial charge < -0.3 is 10.6 Å². The summed E-state index contributed by atoms with van der Waals surface area (Å²) in [5.41, 5.74) is -0.280. The Kier molecular flexibility index (Phi) is 5.08. The van der Waals surface area contributed by atoms with Gasteiger partial charge in [-0.05, 0) is 36.4 Å². The minimum absolute atomic E-state index is 0.0819. The zero-order chi connectivity index (χ0) is 17.9. The van der Waals surface area contributed by atoms with Crippen LogP contribution in [0.4, 0.5) is 28.9 Å². The number of benzene rings is 2. The summed E-state index contributed by atoms with van der Waals surface area (Å²) in [5, 5.41) is 3.93. The third-order valence-corrected chi connectivity index (χ3v) is 3.16. The Bertz CT molecular complexity index is 756. The van der Waals surface area contributed by atoms with Gasteiger partial charge in [0.25, 0.3) is 5.91 Å². The predicted molar refractivity (Wildman–Crippen MR) is 80.5 cm³/mol. The van der Waals surface area contributed by atoms with Crippen molar-refractivity contribution in [2.24, 2.45) is 0 Å². The van der Waals surface area contributed by atoms with Crippen LogP contribution in [0.2, 0.25) is 5.02 Å². The minimum atomic E-state index is -5.01. The van der Waals surface area contributed by atoms with E-state index in [-0.39, 0.29) is 22.0 Å². The fourth-order valence-corrected chi connectivity index (χ4v) is 2.00. The lowest BCUT2D eigenvalue weighted by Gasteiger charge is -2.10. The highest BCUT2D eigenvalue weighted by molar-refractivity contribution is 6.34. The van der Waals surface area contributed by atoms with Crippen molar-refractivity contribution in [3.63, 3.8) is 0 Å². The van der Waals surface area contributed by atoms with Crippen LogP contribution in [0.5, 0.6) is 0 Å². The van der Waals surface area contributed by atoms with Crippen LogP contribution >= 0.6 is 11.6 Å². The van der Waals surface area contributed by atoms with Gasteiger partial charge >= 0.3 is 12.1 Å². The second-order valence-electron chi connectivity index (χ2n) is 4.58.